The van der Waals surface area contributed by atoms with E-state index in [2.05, 4.69) is 65.7 Å². The van der Waals surface area contributed by atoms with E-state index in [1.165, 1.54) is 12.1 Å². The summed E-state index contributed by atoms with van der Waals surface area (Å²) in [5, 5.41) is 14.1. The van der Waals surface area contributed by atoms with E-state index in [-0.39, 0.29) is 64.2 Å². The highest BCUT2D eigenvalue weighted by Gasteiger charge is 2.62. The van der Waals surface area contributed by atoms with Crippen LogP contribution in [-0.2, 0) is 27.2 Å². The molecule has 0 saturated carbocycles. The first-order valence-corrected chi connectivity index (χ1v) is 23.0. The lowest BCUT2D eigenvalue weighted by molar-refractivity contribution is -0.384. The summed E-state index contributed by atoms with van der Waals surface area (Å²) in [4.78, 5) is 37.8. The van der Waals surface area contributed by atoms with Crippen LogP contribution < -0.4 is 10.1 Å². The highest BCUT2D eigenvalue weighted by atomic mass is 28.5. The molecule has 0 bridgehead atoms. The molecule has 4 heterocycles. The number of aromatic nitrogens is 4. The molecule has 2 fully saturated rings. The molecule has 1 aromatic carbocycles. The summed E-state index contributed by atoms with van der Waals surface area (Å²) >= 11 is 0. The molecule has 5 rings (SSSR count). The van der Waals surface area contributed by atoms with Crippen LogP contribution in [0.3, 0.4) is 0 Å². The smallest absolute Gasteiger partial charge is 0.335 e. The van der Waals surface area contributed by atoms with Gasteiger partial charge in [0.25, 0.3) is 5.69 Å². The number of ether oxygens (including phenoxy) is 3. The number of hydrogen-bond donors (Lipinski definition) is 1. The van der Waals surface area contributed by atoms with Crippen molar-refractivity contribution < 1.29 is 36.9 Å². The fraction of sp³-hybridized carbons (Fsp3) is 0.676. The zero-order valence-corrected chi connectivity index (χ0v) is 35.9. The highest BCUT2D eigenvalue weighted by molar-refractivity contribution is 6.84. The summed E-state index contributed by atoms with van der Waals surface area (Å²) in [6.45, 7) is 27.0. The van der Waals surface area contributed by atoms with Crippen molar-refractivity contribution in [3.8, 4) is 5.88 Å². The summed E-state index contributed by atoms with van der Waals surface area (Å²) in [7, 11) is -5.85. The molecule has 298 valence electrons. The number of nitro benzene ring substituents is 1. The Balaban J connectivity index is 1.62. The Kier molecular flexibility index (Phi) is 12.7. The topological polar surface area (TPSA) is 171 Å². The molecule has 54 heavy (non-hydrogen) atoms. The molecule has 17 heteroatoms. The predicted molar refractivity (Wildman–Crippen MR) is 209 cm³/mol. The zero-order valence-electron chi connectivity index (χ0n) is 33.9. The molecule has 0 spiro atoms. The molecular formula is C37H58N6O9Si2. The lowest BCUT2D eigenvalue weighted by Gasteiger charge is -2.51. The summed E-state index contributed by atoms with van der Waals surface area (Å²) < 4.78 is 43.7. The second-order valence-electron chi connectivity index (χ2n) is 16.2. The molecule has 2 aliphatic rings. The van der Waals surface area contributed by atoms with Crippen molar-refractivity contribution in [2.75, 3.05) is 11.9 Å². The number of anilines is 1. The van der Waals surface area contributed by atoms with Gasteiger partial charge in [-0.05, 0) is 60.6 Å². The van der Waals surface area contributed by atoms with Crippen molar-refractivity contribution in [1.29, 1.82) is 0 Å². The first-order chi connectivity index (χ1) is 25.3. The average Bonchev–Trinajstić information content (AvgIpc) is 3.64. The van der Waals surface area contributed by atoms with Gasteiger partial charge in [0.2, 0.25) is 17.7 Å². The number of non-ortho nitro benzene ring substituents is 1. The largest absolute Gasteiger partial charge is 0.468 e. The molecule has 0 aliphatic carbocycles. The Morgan fingerprint density at radius 1 is 0.926 bits per heavy atom. The molecule has 3 aromatic rings. The summed E-state index contributed by atoms with van der Waals surface area (Å²) in [6, 6.07) is 6.11. The minimum absolute atomic E-state index is 0.0291. The minimum Gasteiger partial charge on any atom is -0.468 e. The molecule has 5 atom stereocenters. The third-order valence-electron chi connectivity index (χ3n) is 10.3. The van der Waals surface area contributed by atoms with Gasteiger partial charge < -0.3 is 27.2 Å². The fourth-order valence-electron chi connectivity index (χ4n) is 7.38. The van der Waals surface area contributed by atoms with Crippen LogP contribution in [0.4, 0.5) is 11.6 Å². The van der Waals surface area contributed by atoms with Crippen LogP contribution in [0, 0.1) is 16.0 Å². The average molecular weight is 787 g/mol. The third kappa shape index (κ3) is 8.13. The van der Waals surface area contributed by atoms with E-state index < -0.39 is 52.7 Å². The molecule has 2 aliphatic heterocycles. The van der Waals surface area contributed by atoms with Crippen LogP contribution in [0.2, 0.25) is 22.2 Å². The maximum absolute atomic E-state index is 12.9. The molecular weight excluding hydrogens is 729 g/mol. The van der Waals surface area contributed by atoms with Crippen LogP contribution in [0.15, 0.2) is 30.6 Å². The quantitative estimate of drug-likeness (QED) is 0.100. The number of fused-ring (bicyclic) bond motifs is 2. The van der Waals surface area contributed by atoms with Gasteiger partial charge in [-0.15, -0.1) is 0 Å². The monoisotopic (exact) mass is 786 g/mol. The molecule has 15 nitrogen and oxygen atoms in total. The third-order valence-corrected chi connectivity index (χ3v) is 20.6. The van der Waals surface area contributed by atoms with E-state index in [0.29, 0.717) is 16.7 Å². The van der Waals surface area contributed by atoms with Gasteiger partial charge in [-0.25, -0.2) is 4.98 Å². The van der Waals surface area contributed by atoms with Crippen molar-refractivity contribution in [1.82, 2.24) is 19.5 Å². The molecule has 1 N–H and O–H groups in total. The van der Waals surface area contributed by atoms with E-state index in [4.69, 9.17) is 37.1 Å². The minimum atomic E-state index is -3.01. The highest BCUT2D eigenvalue weighted by Crippen LogP contribution is 2.49. The Morgan fingerprint density at radius 3 is 2.07 bits per heavy atom. The summed E-state index contributed by atoms with van der Waals surface area (Å²) in [5.74, 6) is -0.460. The second kappa shape index (κ2) is 16.4. The Morgan fingerprint density at radius 2 is 1.54 bits per heavy atom. The van der Waals surface area contributed by atoms with Crippen LogP contribution >= 0.6 is 0 Å². The summed E-state index contributed by atoms with van der Waals surface area (Å²) in [5.41, 5.74) is 1.90. The fourth-order valence-corrected chi connectivity index (χ4v) is 18.6. The molecule has 1 amide bonds. The number of nitro groups is 1. The first kappa shape index (κ1) is 41.8. The van der Waals surface area contributed by atoms with Crippen molar-refractivity contribution in [2.24, 2.45) is 5.92 Å². The lowest BCUT2D eigenvalue weighted by Crippen LogP contribution is -2.66. The Bertz CT molecular complexity index is 1770. The van der Waals surface area contributed by atoms with E-state index in [0.717, 1.165) is 0 Å². The number of carbonyl (C=O) groups is 1. The van der Waals surface area contributed by atoms with Gasteiger partial charge in [0.1, 0.15) is 24.4 Å². The van der Waals surface area contributed by atoms with E-state index in [9.17, 15) is 14.9 Å². The molecule has 2 saturated heterocycles. The number of nitrogens with one attached hydrogen (secondary N) is 1. The predicted octanol–water partition coefficient (Wildman–Crippen LogP) is 8.12. The number of benzene rings is 1. The molecule has 2 aromatic heterocycles. The van der Waals surface area contributed by atoms with Crippen molar-refractivity contribution >= 4 is 45.8 Å². The lowest BCUT2D eigenvalue weighted by atomic mass is 10.1. The van der Waals surface area contributed by atoms with E-state index in [1.807, 2.05) is 13.8 Å². The summed E-state index contributed by atoms with van der Waals surface area (Å²) in [6.07, 6.45) is -1.53. The maximum Gasteiger partial charge on any atom is 0.335 e. The second-order valence-corrected chi connectivity index (χ2v) is 25.0. The Labute approximate surface area is 320 Å². The SMILES string of the molecule is CC(C)O[C@@H]1[C@@H]2O[Si](C(C)C)(C(C)C)O[Si](C(C)C)(C(C)C)OC[C@H]2O[C@H]1n1cnc2c(OC(C)c3ccc([N+](=O)[O-])cc3)nc(NC(=O)C(C)C)nc21. The van der Waals surface area contributed by atoms with Gasteiger partial charge in [-0.3, -0.25) is 24.8 Å². The van der Waals surface area contributed by atoms with Crippen LogP contribution in [0.5, 0.6) is 5.88 Å². The van der Waals surface area contributed by atoms with E-state index in [1.54, 1.807) is 43.8 Å². The number of rotatable bonds is 13. The van der Waals surface area contributed by atoms with Gasteiger partial charge in [0, 0.05) is 18.1 Å². The van der Waals surface area contributed by atoms with Gasteiger partial charge in [-0.1, -0.05) is 69.2 Å². The normalized spacial score (nSPS) is 23.3. The Hall–Kier alpha value is -3.33. The van der Waals surface area contributed by atoms with Crippen LogP contribution in [-0.4, -0.2) is 78.5 Å². The van der Waals surface area contributed by atoms with E-state index >= 15 is 0 Å². The number of imidazole rings is 1. The van der Waals surface area contributed by atoms with Crippen molar-refractivity contribution in [2.45, 2.75) is 149 Å². The van der Waals surface area contributed by atoms with Gasteiger partial charge >= 0.3 is 17.1 Å². The maximum atomic E-state index is 12.9. The van der Waals surface area contributed by atoms with Gasteiger partial charge in [-0.2, -0.15) is 9.97 Å². The van der Waals surface area contributed by atoms with Crippen LogP contribution in [0.25, 0.3) is 11.2 Å². The number of nitrogens with zero attached hydrogens (tertiary/aromatic N) is 5. The van der Waals surface area contributed by atoms with Crippen LogP contribution in [0.1, 0.15) is 108 Å². The molecule has 0 radical (unpaired) electrons. The first-order valence-electron chi connectivity index (χ1n) is 19.1. The number of hydrogen-bond acceptors (Lipinski definition) is 12. The van der Waals surface area contributed by atoms with Gasteiger partial charge in [0.05, 0.1) is 24.0 Å². The van der Waals surface area contributed by atoms with Gasteiger partial charge in [0.15, 0.2) is 17.4 Å². The zero-order chi connectivity index (χ0) is 39.9. The number of carbonyl (C=O) groups excluding carboxylic acids is 1. The molecule has 1 unspecified atom stereocenters. The standard InChI is InChI=1S/C37H58N6O9Si2/c1-20(2)34(44)40-37-39-33-30(35(41-37)49-26(13)27-14-16-28(17-15-27)43(45)46)38-19-42(33)36-32(48-21(3)4)31-29(50-36)18-47-53(22(5)6,23(7)8)52-54(51-31,24(9)10)25(11)12/h14-17,19-26,29,31-32,36H,18H2,1-13H3,(H,39,40,41,44)/t26?,29-,31-,32-,36-/m1/s1. The number of amides is 1. The van der Waals surface area contributed by atoms with Crippen molar-refractivity contribution in [3.63, 3.8) is 0 Å². The van der Waals surface area contributed by atoms with Crippen molar-refractivity contribution in [3.05, 3.63) is 46.3 Å².